The number of nitrogens with one attached hydrogen (secondary N) is 1. The fraction of sp³-hybridized carbons (Fsp3) is 1.00. The summed E-state index contributed by atoms with van der Waals surface area (Å²) in [7, 11) is -2.67. The lowest BCUT2D eigenvalue weighted by Gasteiger charge is -2.26. The zero-order chi connectivity index (χ0) is 9.31. The van der Waals surface area contributed by atoms with Crippen LogP contribution in [0.3, 0.4) is 0 Å². The molecule has 2 aliphatic rings. The maximum atomic E-state index is 11.2. The Morgan fingerprint density at radius 3 is 2.23 bits per heavy atom. The summed E-state index contributed by atoms with van der Waals surface area (Å²) in [6.07, 6.45) is 3.04. The van der Waals surface area contributed by atoms with Crippen LogP contribution in [0.2, 0.25) is 0 Å². The van der Waals surface area contributed by atoms with Crippen molar-refractivity contribution in [2.24, 2.45) is 11.8 Å². The van der Waals surface area contributed by atoms with Gasteiger partial charge in [-0.15, -0.1) is 0 Å². The van der Waals surface area contributed by atoms with Crippen molar-refractivity contribution in [2.45, 2.75) is 19.3 Å². The molecule has 0 saturated carbocycles. The van der Waals surface area contributed by atoms with Gasteiger partial charge in [-0.2, -0.15) is 0 Å². The molecule has 2 aliphatic heterocycles. The molecule has 0 aromatic rings. The third kappa shape index (κ3) is 2.23. The van der Waals surface area contributed by atoms with E-state index in [4.69, 9.17) is 0 Å². The Balaban J connectivity index is 1.90. The average molecular weight is 203 g/mol. The van der Waals surface area contributed by atoms with Crippen molar-refractivity contribution >= 4 is 9.84 Å². The molecule has 2 fully saturated rings. The normalized spacial score (nSPS) is 34.9. The van der Waals surface area contributed by atoms with Gasteiger partial charge in [-0.3, -0.25) is 0 Å². The van der Waals surface area contributed by atoms with Crippen LogP contribution in [0, 0.1) is 11.8 Å². The lowest BCUT2D eigenvalue weighted by atomic mass is 9.87. The van der Waals surface area contributed by atoms with Crippen LogP contribution in [0.5, 0.6) is 0 Å². The molecule has 0 bridgehead atoms. The van der Waals surface area contributed by atoms with E-state index in [1.165, 1.54) is 6.42 Å². The third-order valence-corrected chi connectivity index (χ3v) is 5.08. The quantitative estimate of drug-likeness (QED) is 0.672. The minimum absolute atomic E-state index is 0.425. The van der Waals surface area contributed by atoms with Gasteiger partial charge in [-0.1, -0.05) is 0 Å². The Labute approximate surface area is 79.8 Å². The molecule has 13 heavy (non-hydrogen) atoms. The second-order valence-corrected chi connectivity index (χ2v) is 6.55. The second kappa shape index (κ2) is 3.58. The lowest BCUT2D eigenvalue weighted by molar-refractivity contribution is 0.328. The van der Waals surface area contributed by atoms with E-state index in [-0.39, 0.29) is 0 Å². The van der Waals surface area contributed by atoms with Gasteiger partial charge >= 0.3 is 0 Å². The van der Waals surface area contributed by atoms with Gasteiger partial charge < -0.3 is 5.32 Å². The molecule has 0 aromatic carbocycles. The van der Waals surface area contributed by atoms with Gasteiger partial charge in [0.05, 0.1) is 11.5 Å². The fourth-order valence-corrected chi connectivity index (χ4v) is 3.99. The predicted octanol–water partition coefficient (Wildman–Crippen LogP) is 0.421. The van der Waals surface area contributed by atoms with E-state index in [9.17, 15) is 8.42 Å². The SMILES string of the molecule is O=S1(=O)CCC(C2CCNC2)CC1. The van der Waals surface area contributed by atoms with E-state index in [1.54, 1.807) is 0 Å². The zero-order valence-electron chi connectivity index (χ0n) is 7.83. The van der Waals surface area contributed by atoms with Crippen LogP contribution >= 0.6 is 0 Å². The second-order valence-electron chi connectivity index (χ2n) is 4.24. The van der Waals surface area contributed by atoms with E-state index in [0.29, 0.717) is 17.4 Å². The molecule has 76 valence electrons. The lowest BCUT2D eigenvalue weighted by Crippen LogP contribution is -2.29. The molecule has 2 saturated heterocycles. The Morgan fingerprint density at radius 2 is 1.69 bits per heavy atom. The highest BCUT2D eigenvalue weighted by molar-refractivity contribution is 7.91. The van der Waals surface area contributed by atoms with Crippen LogP contribution in [-0.4, -0.2) is 33.0 Å². The molecule has 1 atom stereocenters. The number of sulfone groups is 1. The molecule has 1 unspecified atom stereocenters. The van der Waals surface area contributed by atoms with Gasteiger partial charge in [0.15, 0.2) is 0 Å². The first kappa shape index (κ1) is 9.46. The Kier molecular flexibility index (Phi) is 2.60. The molecular weight excluding hydrogens is 186 g/mol. The number of hydrogen-bond acceptors (Lipinski definition) is 3. The van der Waals surface area contributed by atoms with Crippen LogP contribution < -0.4 is 5.32 Å². The van der Waals surface area contributed by atoms with E-state index in [2.05, 4.69) is 5.32 Å². The molecule has 0 aliphatic carbocycles. The van der Waals surface area contributed by atoms with Crippen LogP contribution in [0.1, 0.15) is 19.3 Å². The third-order valence-electron chi connectivity index (χ3n) is 3.36. The first-order valence-electron chi connectivity index (χ1n) is 5.08. The first-order chi connectivity index (χ1) is 6.17. The zero-order valence-corrected chi connectivity index (χ0v) is 8.65. The standard InChI is InChI=1S/C9H17NO2S/c11-13(12)5-2-8(3-6-13)9-1-4-10-7-9/h8-10H,1-7H2. The largest absolute Gasteiger partial charge is 0.316 e. The molecule has 0 spiro atoms. The van der Waals surface area contributed by atoms with Crippen LogP contribution in [0.15, 0.2) is 0 Å². The van der Waals surface area contributed by atoms with Gasteiger partial charge in [-0.25, -0.2) is 8.42 Å². The molecule has 0 aromatic heterocycles. The Morgan fingerprint density at radius 1 is 1.00 bits per heavy atom. The molecule has 2 heterocycles. The summed E-state index contributed by atoms with van der Waals surface area (Å²) < 4.78 is 22.4. The highest BCUT2D eigenvalue weighted by atomic mass is 32.2. The predicted molar refractivity (Wildman–Crippen MR) is 52.4 cm³/mol. The van der Waals surface area contributed by atoms with Gasteiger partial charge in [0, 0.05) is 0 Å². The van der Waals surface area contributed by atoms with Gasteiger partial charge in [0.1, 0.15) is 9.84 Å². The van der Waals surface area contributed by atoms with E-state index >= 15 is 0 Å². The minimum Gasteiger partial charge on any atom is -0.316 e. The summed E-state index contributed by atoms with van der Waals surface area (Å²) in [5.74, 6) is 2.26. The summed E-state index contributed by atoms with van der Waals surface area (Å²) >= 11 is 0. The van der Waals surface area contributed by atoms with Crippen LogP contribution in [-0.2, 0) is 9.84 Å². The molecule has 1 N–H and O–H groups in total. The summed E-state index contributed by atoms with van der Waals surface area (Å²) in [4.78, 5) is 0. The van der Waals surface area contributed by atoms with Crippen LogP contribution in [0.25, 0.3) is 0 Å². The molecule has 0 amide bonds. The van der Waals surface area contributed by atoms with E-state index < -0.39 is 9.84 Å². The first-order valence-corrected chi connectivity index (χ1v) is 6.91. The Bertz CT molecular complexity index is 253. The summed E-state index contributed by atoms with van der Waals surface area (Å²) in [6.45, 7) is 2.22. The molecule has 4 heteroatoms. The van der Waals surface area contributed by atoms with Gasteiger partial charge in [0.2, 0.25) is 0 Å². The van der Waals surface area contributed by atoms with E-state index in [0.717, 1.165) is 31.8 Å². The number of rotatable bonds is 1. The van der Waals surface area contributed by atoms with Crippen molar-refractivity contribution in [3.63, 3.8) is 0 Å². The molecule has 2 rings (SSSR count). The number of hydrogen-bond donors (Lipinski definition) is 1. The average Bonchev–Trinajstić information content (AvgIpc) is 2.56. The maximum Gasteiger partial charge on any atom is 0.150 e. The Hall–Kier alpha value is -0.0900. The molecule has 3 nitrogen and oxygen atoms in total. The van der Waals surface area contributed by atoms with Crippen molar-refractivity contribution in [3.8, 4) is 0 Å². The smallest absolute Gasteiger partial charge is 0.150 e. The van der Waals surface area contributed by atoms with Crippen molar-refractivity contribution in [3.05, 3.63) is 0 Å². The van der Waals surface area contributed by atoms with E-state index in [1.807, 2.05) is 0 Å². The van der Waals surface area contributed by atoms with Crippen molar-refractivity contribution in [1.29, 1.82) is 0 Å². The highest BCUT2D eigenvalue weighted by Gasteiger charge is 2.30. The van der Waals surface area contributed by atoms with Crippen LogP contribution in [0.4, 0.5) is 0 Å². The summed E-state index contributed by atoms with van der Waals surface area (Å²) in [6, 6.07) is 0. The maximum absolute atomic E-state index is 11.2. The fourth-order valence-electron chi connectivity index (χ4n) is 2.46. The molecular formula is C9H17NO2S. The summed E-state index contributed by atoms with van der Waals surface area (Å²) in [5, 5.41) is 3.34. The van der Waals surface area contributed by atoms with Gasteiger partial charge in [0.25, 0.3) is 0 Å². The van der Waals surface area contributed by atoms with Crippen molar-refractivity contribution in [1.82, 2.24) is 5.32 Å². The van der Waals surface area contributed by atoms with Gasteiger partial charge in [-0.05, 0) is 44.2 Å². The molecule has 0 radical (unpaired) electrons. The monoisotopic (exact) mass is 203 g/mol. The highest BCUT2D eigenvalue weighted by Crippen LogP contribution is 2.29. The summed E-state index contributed by atoms with van der Waals surface area (Å²) in [5.41, 5.74) is 0. The van der Waals surface area contributed by atoms with Crippen molar-refractivity contribution < 1.29 is 8.42 Å². The van der Waals surface area contributed by atoms with Crippen molar-refractivity contribution in [2.75, 3.05) is 24.6 Å². The topological polar surface area (TPSA) is 46.2 Å². The minimum atomic E-state index is -2.67.